The van der Waals surface area contributed by atoms with Crippen LogP contribution in [0.15, 0.2) is 14.3 Å². The molecule has 1 atom stereocenters. The van der Waals surface area contributed by atoms with E-state index in [-0.39, 0.29) is 0 Å². The Bertz CT molecular complexity index is 367. The van der Waals surface area contributed by atoms with Gasteiger partial charge in [0.2, 0.25) is 0 Å². The van der Waals surface area contributed by atoms with E-state index in [2.05, 4.69) is 50.3 Å². The molecule has 1 fully saturated rings. The van der Waals surface area contributed by atoms with Crippen molar-refractivity contribution in [2.24, 2.45) is 17.7 Å². The van der Waals surface area contributed by atoms with Gasteiger partial charge >= 0.3 is 0 Å². The number of nitrogens with one attached hydrogen (secondary N) is 1. The molecule has 5 heteroatoms. The molecule has 0 radical (unpaired) electrons. The van der Waals surface area contributed by atoms with Gasteiger partial charge in [-0.1, -0.05) is 26.2 Å². The molecule has 0 aliphatic heterocycles. The Morgan fingerprint density at radius 1 is 1.39 bits per heavy atom. The molecule has 0 bridgehead atoms. The van der Waals surface area contributed by atoms with Gasteiger partial charge in [0.05, 0.1) is 9.83 Å². The van der Waals surface area contributed by atoms with E-state index in [1.807, 2.05) is 0 Å². The quantitative estimate of drug-likeness (QED) is 0.556. The molecule has 1 heterocycles. The Morgan fingerprint density at radius 3 is 2.50 bits per heavy atom. The minimum Gasteiger partial charge on any atom is -0.271 e. The zero-order valence-corrected chi connectivity index (χ0v) is 14.6. The highest BCUT2D eigenvalue weighted by molar-refractivity contribution is 9.13. The minimum atomic E-state index is 0.301. The van der Waals surface area contributed by atoms with E-state index in [0.29, 0.717) is 12.0 Å². The van der Waals surface area contributed by atoms with Crippen LogP contribution in [0, 0.1) is 11.8 Å². The van der Waals surface area contributed by atoms with E-state index in [9.17, 15) is 0 Å². The fraction of sp³-hybridized carbons (Fsp3) is 0.692. The first-order chi connectivity index (χ1) is 8.65. The standard InChI is InChI=1S/C13H20Br2N2S/c1-2-8-3-5-9(6-4-8)12(17-16)11-7-10(14)13(15)18-11/h7-9,12,17H,2-6,16H2,1H3. The summed E-state index contributed by atoms with van der Waals surface area (Å²) in [6.45, 7) is 2.30. The van der Waals surface area contributed by atoms with E-state index in [4.69, 9.17) is 5.84 Å². The lowest BCUT2D eigenvalue weighted by Crippen LogP contribution is -2.34. The number of rotatable bonds is 4. The molecule has 3 N–H and O–H groups in total. The zero-order valence-electron chi connectivity index (χ0n) is 10.6. The second-order valence-electron chi connectivity index (χ2n) is 5.10. The minimum absolute atomic E-state index is 0.301. The summed E-state index contributed by atoms with van der Waals surface area (Å²) in [4.78, 5) is 1.33. The van der Waals surface area contributed by atoms with E-state index in [1.54, 1.807) is 11.3 Å². The van der Waals surface area contributed by atoms with Crippen LogP contribution in [0.5, 0.6) is 0 Å². The summed E-state index contributed by atoms with van der Waals surface area (Å²) in [5, 5.41) is 0. The van der Waals surface area contributed by atoms with Crippen LogP contribution >= 0.6 is 43.2 Å². The van der Waals surface area contributed by atoms with E-state index in [0.717, 1.165) is 14.2 Å². The van der Waals surface area contributed by atoms with Gasteiger partial charge < -0.3 is 0 Å². The van der Waals surface area contributed by atoms with Crippen molar-refractivity contribution < 1.29 is 0 Å². The van der Waals surface area contributed by atoms with Crippen molar-refractivity contribution >= 4 is 43.2 Å². The summed E-state index contributed by atoms with van der Waals surface area (Å²) >= 11 is 8.89. The highest BCUT2D eigenvalue weighted by Gasteiger charge is 2.28. The summed E-state index contributed by atoms with van der Waals surface area (Å²) in [7, 11) is 0. The van der Waals surface area contributed by atoms with Crippen molar-refractivity contribution in [2.45, 2.75) is 45.1 Å². The number of hydrogen-bond donors (Lipinski definition) is 2. The molecule has 1 aromatic rings. The lowest BCUT2D eigenvalue weighted by molar-refractivity contribution is 0.221. The molecule has 0 aromatic carbocycles. The van der Waals surface area contributed by atoms with Gasteiger partial charge in [-0.25, -0.2) is 0 Å². The van der Waals surface area contributed by atoms with Crippen molar-refractivity contribution in [3.05, 3.63) is 19.2 Å². The summed E-state index contributed by atoms with van der Waals surface area (Å²) < 4.78 is 2.28. The van der Waals surface area contributed by atoms with Crippen LogP contribution in [0.25, 0.3) is 0 Å². The second kappa shape index (κ2) is 6.84. The maximum atomic E-state index is 5.79. The average molecular weight is 396 g/mol. The Kier molecular flexibility index (Phi) is 5.69. The third-order valence-corrected chi connectivity index (χ3v) is 7.43. The van der Waals surface area contributed by atoms with Gasteiger partial charge in [-0.05, 0) is 62.6 Å². The number of nitrogens with two attached hydrogens (primary N) is 1. The highest BCUT2D eigenvalue weighted by atomic mass is 79.9. The SMILES string of the molecule is CCC1CCC(C(NN)c2cc(Br)c(Br)s2)CC1. The van der Waals surface area contributed by atoms with E-state index < -0.39 is 0 Å². The van der Waals surface area contributed by atoms with Crippen molar-refractivity contribution in [1.29, 1.82) is 0 Å². The molecule has 1 saturated carbocycles. The smallest absolute Gasteiger partial charge is 0.0843 e. The molecule has 2 rings (SSSR count). The van der Waals surface area contributed by atoms with Crippen LogP contribution in [0.4, 0.5) is 0 Å². The van der Waals surface area contributed by atoms with Crippen LogP contribution in [-0.2, 0) is 0 Å². The van der Waals surface area contributed by atoms with Crippen LogP contribution in [0.3, 0.4) is 0 Å². The van der Waals surface area contributed by atoms with Crippen molar-refractivity contribution in [1.82, 2.24) is 5.43 Å². The average Bonchev–Trinajstić information content (AvgIpc) is 2.71. The summed E-state index contributed by atoms with van der Waals surface area (Å²) in [6, 6.07) is 2.49. The number of hydrogen-bond acceptors (Lipinski definition) is 3. The normalized spacial score (nSPS) is 26.2. The van der Waals surface area contributed by atoms with Gasteiger partial charge in [0, 0.05) is 9.35 Å². The fourth-order valence-corrected chi connectivity index (χ4v) is 5.14. The zero-order chi connectivity index (χ0) is 13.1. The van der Waals surface area contributed by atoms with Gasteiger partial charge in [-0.3, -0.25) is 11.3 Å². The maximum Gasteiger partial charge on any atom is 0.0843 e. The van der Waals surface area contributed by atoms with Gasteiger partial charge in [-0.15, -0.1) is 11.3 Å². The predicted molar refractivity (Wildman–Crippen MR) is 85.5 cm³/mol. The first-order valence-electron chi connectivity index (χ1n) is 6.56. The van der Waals surface area contributed by atoms with Crippen LogP contribution < -0.4 is 11.3 Å². The van der Waals surface area contributed by atoms with Gasteiger partial charge in [0.25, 0.3) is 0 Å². The highest BCUT2D eigenvalue weighted by Crippen LogP contribution is 2.42. The molecular weight excluding hydrogens is 376 g/mol. The molecule has 1 unspecified atom stereocenters. The lowest BCUT2D eigenvalue weighted by Gasteiger charge is -2.32. The number of halogens is 2. The van der Waals surface area contributed by atoms with Crippen molar-refractivity contribution in [2.75, 3.05) is 0 Å². The molecule has 2 nitrogen and oxygen atoms in total. The van der Waals surface area contributed by atoms with E-state index >= 15 is 0 Å². The Morgan fingerprint density at radius 2 is 2.06 bits per heavy atom. The van der Waals surface area contributed by atoms with Crippen LogP contribution in [0.1, 0.15) is 49.9 Å². The Labute approximate surface area is 130 Å². The molecule has 18 heavy (non-hydrogen) atoms. The summed E-state index contributed by atoms with van der Waals surface area (Å²) in [6.07, 6.45) is 6.62. The monoisotopic (exact) mass is 394 g/mol. The molecule has 0 saturated heterocycles. The third-order valence-electron chi connectivity index (χ3n) is 4.09. The number of thiophene rings is 1. The molecule has 102 valence electrons. The summed E-state index contributed by atoms with van der Waals surface area (Å²) in [5.41, 5.74) is 3.03. The molecule has 1 aliphatic rings. The first kappa shape index (κ1) is 15.0. The molecule has 1 aliphatic carbocycles. The van der Waals surface area contributed by atoms with Crippen LogP contribution in [-0.4, -0.2) is 0 Å². The van der Waals surface area contributed by atoms with E-state index in [1.165, 1.54) is 37.0 Å². The molecule has 0 spiro atoms. The Hall–Kier alpha value is 0.580. The maximum absolute atomic E-state index is 5.79. The lowest BCUT2D eigenvalue weighted by atomic mass is 9.77. The first-order valence-corrected chi connectivity index (χ1v) is 8.96. The predicted octanol–water partition coefficient (Wildman–Crippen LogP) is 4.99. The van der Waals surface area contributed by atoms with Gasteiger partial charge in [0.15, 0.2) is 0 Å². The topological polar surface area (TPSA) is 38.0 Å². The second-order valence-corrected chi connectivity index (χ2v) is 8.36. The van der Waals surface area contributed by atoms with Crippen molar-refractivity contribution in [3.63, 3.8) is 0 Å². The number of hydrazine groups is 1. The molecule has 0 amide bonds. The Balaban J connectivity index is 2.05. The summed E-state index contributed by atoms with van der Waals surface area (Å²) in [5.74, 6) is 7.40. The van der Waals surface area contributed by atoms with Gasteiger partial charge in [0.1, 0.15) is 0 Å². The van der Waals surface area contributed by atoms with Crippen molar-refractivity contribution in [3.8, 4) is 0 Å². The largest absolute Gasteiger partial charge is 0.271 e. The molecular formula is C13H20Br2N2S. The van der Waals surface area contributed by atoms with Crippen LogP contribution in [0.2, 0.25) is 0 Å². The third kappa shape index (κ3) is 3.37. The fourth-order valence-electron chi connectivity index (χ4n) is 2.90. The molecule has 1 aromatic heterocycles. The van der Waals surface area contributed by atoms with Gasteiger partial charge in [-0.2, -0.15) is 0 Å².